The Labute approximate surface area is 181 Å². The van der Waals surface area contributed by atoms with Gasteiger partial charge in [0.15, 0.2) is 0 Å². The van der Waals surface area contributed by atoms with E-state index in [-0.39, 0.29) is 11.9 Å². The van der Waals surface area contributed by atoms with Crippen molar-refractivity contribution in [2.24, 2.45) is 7.05 Å². The smallest absolute Gasteiger partial charge is 0.276 e. The van der Waals surface area contributed by atoms with Gasteiger partial charge in [0.25, 0.3) is 5.91 Å². The Hall–Kier alpha value is -3.73. The quantitative estimate of drug-likeness (QED) is 0.445. The van der Waals surface area contributed by atoms with Gasteiger partial charge in [-0.05, 0) is 43.3 Å². The number of carbonyl (C=O) groups excluding carboxylic acids is 1. The second kappa shape index (κ2) is 7.51. The summed E-state index contributed by atoms with van der Waals surface area (Å²) in [5.41, 5.74) is 4.58. The topological polar surface area (TPSA) is 43.7 Å². The van der Waals surface area contributed by atoms with Gasteiger partial charge in [-0.15, -0.1) is 0 Å². The van der Waals surface area contributed by atoms with Crippen LogP contribution in [0.3, 0.4) is 0 Å². The first-order valence-electron chi connectivity index (χ1n) is 10.4. The van der Waals surface area contributed by atoms with Gasteiger partial charge in [0, 0.05) is 34.8 Å². The van der Waals surface area contributed by atoms with Crippen LogP contribution in [0.15, 0.2) is 72.8 Å². The fourth-order valence-electron chi connectivity index (χ4n) is 4.62. The molecule has 0 radical (unpaired) electrons. The molecule has 0 N–H and O–H groups in total. The Balaban J connectivity index is 1.78. The van der Waals surface area contributed by atoms with E-state index in [1.54, 1.807) is 7.11 Å². The van der Waals surface area contributed by atoms with Gasteiger partial charge in [0.05, 0.1) is 19.8 Å². The summed E-state index contributed by atoms with van der Waals surface area (Å²) < 4.78 is 13.3. The number of amides is 1. The summed E-state index contributed by atoms with van der Waals surface area (Å²) in [4.78, 5) is 15.7. The largest absolute Gasteiger partial charge is 0.497 e. The molecule has 0 spiro atoms. The Kier molecular flexibility index (Phi) is 4.66. The zero-order chi connectivity index (χ0) is 21.5. The van der Waals surface area contributed by atoms with Crippen LogP contribution in [0.5, 0.6) is 11.5 Å². The third-order valence-electron chi connectivity index (χ3n) is 5.96. The third kappa shape index (κ3) is 2.88. The summed E-state index contributed by atoms with van der Waals surface area (Å²) in [6.07, 6.45) is 0. The number of hydrogen-bond acceptors (Lipinski definition) is 3. The fraction of sp³-hybridized carbons (Fsp3) is 0.192. The normalized spacial score (nSPS) is 15.4. The predicted molar refractivity (Wildman–Crippen MR) is 122 cm³/mol. The maximum atomic E-state index is 13.8. The SMILES string of the molecule is CCOc1ccccc1[C@@H]1c2c(n(C)c3ccccc23)C(=O)N1c1ccc(OC)cc1. The molecule has 1 atom stereocenters. The zero-order valence-corrected chi connectivity index (χ0v) is 17.8. The van der Waals surface area contributed by atoms with Crippen LogP contribution in [0.25, 0.3) is 10.9 Å². The summed E-state index contributed by atoms with van der Waals surface area (Å²) in [5.74, 6) is 1.53. The molecule has 5 nitrogen and oxygen atoms in total. The first-order valence-corrected chi connectivity index (χ1v) is 10.4. The van der Waals surface area contributed by atoms with Crippen molar-refractivity contribution in [1.82, 2.24) is 4.57 Å². The average molecular weight is 412 g/mol. The average Bonchev–Trinajstić information content (AvgIpc) is 3.27. The number of ether oxygens (including phenoxy) is 2. The summed E-state index contributed by atoms with van der Waals surface area (Å²) in [6, 6.07) is 23.5. The van der Waals surface area contributed by atoms with Crippen LogP contribution in [-0.2, 0) is 7.05 Å². The fourth-order valence-corrected chi connectivity index (χ4v) is 4.62. The van der Waals surface area contributed by atoms with E-state index in [4.69, 9.17) is 9.47 Å². The standard InChI is InChI=1S/C26H24N2O3/c1-4-31-22-12-8-6-10-20(22)24-23-19-9-5-7-11-21(19)27(2)25(23)26(29)28(24)17-13-15-18(30-3)16-14-17/h5-16,24H,4H2,1-3H3/t24-/m1/s1. The summed E-state index contributed by atoms with van der Waals surface area (Å²) >= 11 is 0. The third-order valence-corrected chi connectivity index (χ3v) is 5.96. The van der Waals surface area contributed by atoms with E-state index in [1.165, 1.54) is 0 Å². The molecule has 0 aliphatic carbocycles. The monoisotopic (exact) mass is 412 g/mol. The molecule has 0 bridgehead atoms. The van der Waals surface area contributed by atoms with Crippen LogP contribution in [0.2, 0.25) is 0 Å². The lowest BCUT2D eigenvalue weighted by Gasteiger charge is -2.28. The molecule has 3 aromatic carbocycles. The molecule has 2 heterocycles. The molecule has 1 aliphatic heterocycles. The molecule has 1 aromatic heterocycles. The molecule has 0 unspecified atom stereocenters. The van der Waals surface area contributed by atoms with Gasteiger partial charge in [-0.25, -0.2) is 0 Å². The molecular formula is C26H24N2O3. The first-order chi connectivity index (χ1) is 15.2. The van der Waals surface area contributed by atoms with E-state index >= 15 is 0 Å². The van der Waals surface area contributed by atoms with E-state index in [0.717, 1.165) is 39.2 Å². The van der Waals surface area contributed by atoms with Gasteiger partial charge < -0.3 is 14.0 Å². The zero-order valence-electron chi connectivity index (χ0n) is 17.8. The summed E-state index contributed by atoms with van der Waals surface area (Å²) in [6.45, 7) is 2.53. The molecule has 1 amide bonds. The number of carbonyl (C=O) groups is 1. The van der Waals surface area contributed by atoms with Gasteiger partial charge in [-0.2, -0.15) is 0 Å². The number of fused-ring (bicyclic) bond motifs is 3. The van der Waals surface area contributed by atoms with E-state index in [2.05, 4.69) is 18.2 Å². The Morgan fingerprint density at radius 1 is 0.935 bits per heavy atom. The Morgan fingerprint density at radius 2 is 1.65 bits per heavy atom. The second-order valence-electron chi connectivity index (χ2n) is 7.59. The lowest BCUT2D eigenvalue weighted by Crippen LogP contribution is -2.30. The summed E-state index contributed by atoms with van der Waals surface area (Å²) in [5, 5.41) is 1.08. The molecule has 1 aliphatic rings. The van der Waals surface area contributed by atoms with E-state index in [0.29, 0.717) is 12.3 Å². The van der Waals surface area contributed by atoms with Gasteiger partial charge in [0.1, 0.15) is 17.2 Å². The van der Waals surface area contributed by atoms with E-state index in [1.807, 2.05) is 78.0 Å². The van der Waals surface area contributed by atoms with Crippen molar-refractivity contribution >= 4 is 22.5 Å². The van der Waals surface area contributed by atoms with Crippen LogP contribution in [-0.4, -0.2) is 24.2 Å². The molecule has 0 fully saturated rings. The number of rotatable bonds is 5. The van der Waals surface area contributed by atoms with Crippen LogP contribution in [0, 0.1) is 0 Å². The van der Waals surface area contributed by atoms with Crippen molar-refractivity contribution in [3.8, 4) is 11.5 Å². The van der Waals surface area contributed by atoms with Gasteiger partial charge >= 0.3 is 0 Å². The Bertz CT molecular complexity index is 1270. The molecule has 31 heavy (non-hydrogen) atoms. The molecule has 5 rings (SSSR count). The van der Waals surface area contributed by atoms with Crippen LogP contribution >= 0.6 is 0 Å². The number of anilines is 1. The molecular weight excluding hydrogens is 388 g/mol. The number of methoxy groups -OCH3 is 1. The van der Waals surface area contributed by atoms with Crippen LogP contribution in [0.1, 0.15) is 34.6 Å². The number of nitrogens with zero attached hydrogens (tertiary/aromatic N) is 2. The van der Waals surface area contributed by atoms with Crippen molar-refractivity contribution in [1.29, 1.82) is 0 Å². The highest BCUT2D eigenvalue weighted by Crippen LogP contribution is 2.48. The van der Waals surface area contributed by atoms with Crippen molar-refractivity contribution in [3.05, 3.63) is 89.6 Å². The first kappa shape index (κ1) is 19.2. The number of hydrogen-bond donors (Lipinski definition) is 0. The van der Waals surface area contributed by atoms with Gasteiger partial charge in [-0.3, -0.25) is 9.69 Å². The van der Waals surface area contributed by atoms with Gasteiger partial charge in [-0.1, -0.05) is 36.4 Å². The van der Waals surface area contributed by atoms with Crippen molar-refractivity contribution in [2.45, 2.75) is 13.0 Å². The number of para-hydroxylation sites is 2. The lowest BCUT2D eigenvalue weighted by atomic mass is 9.96. The number of benzene rings is 3. The highest BCUT2D eigenvalue weighted by Gasteiger charge is 2.43. The van der Waals surface area contributed by atoms with Crippen LogP contribution in [0.4, 0.5) is 5.69 Å². The minimum atomic E-state index is -0.287. The minimum absolute atomic E-state index is 0.0184. The summed E-state index contributed by atoms with van der Waals surface area (Å²) in [7, 11) is 3.60. The highest BCUT2D eigenvalue weighted by atomic mass is 16.5. The number of aromatic nitrogens is 1. The van der Waals surface area contributed by atoms with Crippen LogP contribution < -0.4 is 14.4 Å². The molecule has 4 aromatic rings. The molecule has 0 saturated carbocycles. The van der Waals surface area contributed by atoms with E-state index < -0.39 is 0 Å². The number of aryl methyl sites for hydroxylation is 1. The highest BCUT2D eigenvalue weighted by molar-refractivity contribution is 6.15. The maximum Gasteiger partial charge on any atom is 0.276 e. The van der Waals surface area contributed by atoms with Crippen molar-refractivity contribution < 1.29 is 14.3 Å². The van der Waals surface area contributed by atoms with Crippen molar-refractivity contribution in [2.75, 3.05) is 18.6 Å². The maximum absolute atomic E-state index is 13.8. The molecule has 5 heteroatoms. The molecule has 156 valence electrons. The minimum Gasteiger partial charge on any atom is -0.497 e. The predicted octanol–water partition coefficient (Wildman–Crippen LogP) is 5.34. The second-order valence-corrected chi connectivity index (χ2v) is 7.59. The Morgan fingerprint density at radius 3 is 2.39 bits per heavy atom. The van der Waals surface area contributed by atoms with E-state index in [9.17, 15) is 4.79 Å². The van der Waals surface area contributed by atoms with Gasteiger partial charge in [0.2, 0.25) is 0 Å². The van der Waals surface area contributed by atoms with Crippen molar-refractivity contribution in [3.63, 3.8) is 0 Å². The lowest BCUT2D eigenvalue weighted by molar-refractivity contribution is 0.0986. The molecule has 0 saturated heterocycles.